The highest BCUT2D eigenvalue weighted by Gasteiger charge is 2.34. The fourth-order valence-corrected chi connectivity index (χ4v) is 4.81. The Balaban J connectivity index is 2.13. The van der Waals surface area contributed by atoms with Crippen LogP contribution in [0.1, 0.15) is 39.5 Å². The molecule has 1 saturated heterocycles. The van der Waals surface area contributed by atoms with Crippen molar-refractivity contribution >= 4 is 18.9 Å². The van der Waals surface area contributed by atoms with Crippen molar-refractivity contribution in [3.63, 3.8) is 0 Å². The molecule has 0 radical (unpaired) electrons. The molecule has 108 valence electrons. The van der Waals surface area contributed by atoms with Crippen LogP contribution < -0.4 is 0 Å². The van der Waals surface area contributed by atoms with Gasteiger partial charge in [-0.25, -0.2) is 0 Å². The fraction of sp³-hybridized carbons (Fsp3) is 1.00. The predicted molar refractivity (Wildman–Crippen MR) is 73.8 cm³/mol. The highest BCUT2D eigenvalue weighted by molar-refractivity contribution is 7.12. The number of halogens is 1. The Labute approximate surface area is 116 Å². The number of hydrogen-bond acceptors (Lipinski definition) is 4. The van der Waals surface area contributed by atoms with Gasteiger partial charge in [-0.3, -0.25) is 0 Å². The monoisotopic (exact) mass is 296 g/mol. The summed E-state index contributed by atoms with van der Waals surface area (Å²) >= 11 is 6.37. The summed E-state index contributed by atoms with van der Waals surface area (Å²) in [6.45, 7) is 6.55. The van der Waals surface area contributed by atoms with Crippen molar-refractivity contribution in [3.05, 3.63) is 0 Å². The second-order valence-electron chi connectivity index (χ2n) is 4.30. The largest absolute Gasteiger partial charge is 0.443 e. The van der Waals surface area contributed by atoms with Gasteiger partial charge in [-0.2, -0.15) is 0 Å². The second kappa shape index (κ2) is 9.28. The lowest BCUT2D eigenvalue weighted by atomic mass is 10.2. The normalized spacial score (nSPS) is 21.2. The zero-order valence-electron chi connectivity index (χ0n) is 11.5. The van der Waals surface area contributed by atoms with E-state index in [-0.39, 0.29) is 6.29 Å². The van der Waals surface area contributed by atoms with E-state index in [1.807, 2.05) is 13.8 Å². The van der Waals surface area contributed by atoms with Gasteiger partial charge in [0.2, 0.25) is 0 Å². The lowest BCUT2D eigenvalue weighted by molar-refractivity contribution is -0.162. The third-order valence-corrected chi connectivity index (χ3v) is 6.39. The van der Waals surface area contributed by atoms with Crippen molar-refractivity contribution in [2.24, 2.45) is 0 Å². The Morgan fingerprint density at radius 3 is 2.50 bits per heavy atom. The van der Waals surface area contributed by atoms with Gasteiger partial charge >= 0.3 is 7.87 Å². The molecule has 0 saturated carbocycles. The number of rotatable bonds is 9. The summed E-state index contributed by atoms with van der Waals surface area (Å²) in [6, 6.07) is 0.753. The van der Waals surface area contributed by atoms with Crippen molar-refractivity contribution in [2.75, 3.05) is 26.4 Å². The van der Waals surface area contributed by atoms with Crippen LogP contribution >= 0.6 is 11.1 Å². The number of hydrogen-bond donors (Lipinski definition) is 0. The molecule has 1 aliphatic rings. The second-order valence-corrected chi connectivity index (χ2v) is 8.42. The van der Waals surface area contributed by atoms with E-state index in [0.29, 0.717) is 19.8 Å². The van der Waals surface area contributed by atoms with Crippen molar-refractivity contribution in [3.8, 4) is 0 Å². The highest BCUT2D eigenvalue weighted by Crippen LogP contribution is 2.21. The van der Waals surface area contributed by atoms with E-state index in [2.05, 4.69) is 0 Å². The predicted octanol–water partition coefficient (Wildman–Crippen LogP) is 3.17. The molecule has 0 bridgehead atoms. The summed E-state index contributed by atoms with van der Waals surface area (Å²) in [7, 11) is -2.48. The standard InChI is InChI=1S/C12H25ClO4Si/c1-3-16-18(13,17-4-2)11-7-10-15-12-8-5-6-9-14-12/h12H,3-11H2,1-2H3. The summed E-state index contributed by atoms with van der Waals surface area (Å²) in [6.07, 6.45) is 4.17. The molecule has 1 unspecified atom stereocenters. The van der Waals surface area contributed by atoms with E-state index in [1.54, 1.807) is 0 Å². The van der Waals surface area contributed by atoms with Gasteiger partial charge in [0.1, 0.15) is 0 Å². The molecule has 1 fully saturated rings. The molecule has 6 heteroatoms. The first-order valence-electron chi connectivity index (χ1n) is 6.90. The first kappa shape index (κ1) is 16.4. The Morgan fingerprint density at radius 1 is 1.22 bits per heavy atom. The van der Waals surface area contributed by atoms with Crippen LogP contribution in [0.15, 0.2) is 0 Å². The summed E-state index contributed by atoms with van der Waals surface area (Å²) < 4.78 is 22.3. The van der Waals surface area contributed by atoms with Gasteiger partial charge in [0, 0.05) is 32.5 Å². The smallest absolute Gasteiger partial charge is 0.383 e. The summed E-state index contributed by atoms with van der Waals surface area (Å²) in [5, 5.41) is 0. The van der Waals surface area contributed by atoms with Crippen molar-refractivity contribution in [2.45, 2.75) is 51.9 Å². The summed E-state index contributed by atoms with van der Waals surface area (Å²) in [5.41, 5.74) is 0. The van der Waals surface area contributed by atoms with Crippen LogP contribution in [0.25, 0.3) is 0 Å². The fourth-order valence-electron chi connectivity index (χ4n) is 1.96. The lowest BCUT2D eigenvalue weighted by Crippen LogP contribution is -2.36. The lowest BCUT2D eigenvalue weighted by Gasteiger charge is -2.25. The van der Waals surface area contributed by atoms with E-state index < -0.39 is 7.87 Å². The average Bonchev–Trinajstić information content (AvgIpc) is 2.37. The molecule has 4 nitrogen and oxygen atoms in total. The van der Waals surface area contributed by atoms with E-state index in [1.165, 1.54) is 6.42 Å². The third-order valence-electron chi connectivity index (χ3n) is 2.78. The molecular formula is C12H25ClO4Si. The van der Waals surface area contributed by atoms with Gasteiger partial charge in [-0.05, 0) is 39.5 Å². The molecule has 0 aromatic rings. The van der Waals surface area contributed by atoms with Crippen LogP contribution in [0.3, 0.4) is 0 Å². The molecule has 18 heavy (non-hydrogen) atoms. The minimum Gasteiger partial charge on any atom is -0.383 e. The van der Waals surface area contributed by atoms with E-state index in [9.17, 15) is 0 Å². The minimum atomic E-state index is -2.48. The van der Waals surface area contributed by atoms with Crippen LogP contribution in [0.5, 0.6) is 0 Å². The first-order valence-corrected chi connectivity index (χ1v) is 9.93. The third kappa shape index (κ3) is 6.50. The van der Waals surface area contributed by atoms with Crippen LogP contribution in [0.4, 0.5) is 0 Å². The maximum absolute atomic E-state index is 6.37. The molecule has 0 aromatic heterocycles. The molecule has 1 aliphatic heterocycles. The summed E-state index contributed by atoms with van der Waals surface area (Å²) in [5.74, 6) is 0. The van der Waals surface area contributed by atoms with Gasteiger partial charge in [0.15, 0.2) is 6.29 Å². The van der Waals surface area contributed by atoms with Crippen molar-refractivity contribution in [1.82, 2.24) is 0 Å². The zero-order chi connectivity index (χ0) is 13.3. The maximum Gasteiger partial charge on any atom is 0.443 e. The quantitative estimate of drug-likeness (QED) is 0.372. The topological polar surface area (TPSA) is 36.9 Å². The average molecular weight is 297 g/mol. The van der Waals surface area contributed by atoms with Crippen LogP contribution in [-0.4, -0.2) is 40.6 Å². The summed E-state index contributed by atoms with van der Waals surface area (Å²) in [4.78, 5) is 0. The first-order chi connectivity index (χ1) is 8.70. The Morgan fingerprint density at radius 2 is 1.94 bits per heavy atom. The zero-order valence-corrected chi connectivity index (χ0v) is 13.2. The highest BCUT2D eigenvalue weighted by atomic mass is 35.6. The molecule has 0 amide bonds. The van der Waals surface area contributed by atoms with Crippen molar-refractivity contribution in [1.29, 1.82) is 0 Å². The molecular weight excluding hydrogens is 272 g/mol. The Bertz CT molecular complexity index is 206. The Kier molecular flexibility index (Phi) is 8.46. The molecule has 1 rings (SSSR count). The molecule has 1 atom stereocenters. The van der Waals surface area contributed by atoms with E-state index in [4.69, 9.17) is 29.4 Å². The SMILES string of the molecule is CCO[Si](Cl)(CCCOC1CCCCO1)OCC. The van der Waals surface area contributed by atoms with E-state index in [0.717, 1.165) is 31.9 Å². The molecule has 0 aromatic carbocycles. The minimum absolute atomic E-state index is 0.0238. The van der Waals surface area contributed by atoms with Gasteiger partial charge in [-0.15, -0.1) is 0 Å². The molecule has 1 heterocycles. The van der Waals surface area contributed by atoms with Gasteiger partial charge in [-0.1, -0.05) is 11.1 Å². The van der Waals surface area contributed by atoms with E-state index >= 15 is 0 Å². The van der Waals surface area contributed by atoms with Crippen molar-refractivity contribution < 1.29 is 18.3 Å². The molecule has 0 aliphatic carbocycles. The molecule has 0 spiro atoms. The van der Waals surface area contributed by atoms with Crippen LogP contribution in [0, 0.1) is 0 Å². The van der Waals surface area contributed by atoms with Gasteiger partial charge in [0.25, 0.3) is 0 Å². The van der Waals surface area contributed by atoms with Crippen LogP contribution in [0.2, 0.25) is 6.04 Å². The van der Waals surface area contributed by atoms with Gasteiger partial charge < -0.3 is 18.3 Å². The maximum atomic E-state index is 6.37. The molecule has 0 N–H and O–H groups in total. The Hall–Kier alpha value is 0.347. The van der Waals surface area contributed by atoms with Gasteiger partial charge in [0.05, 0.1) is 0 Å². The number of ether oxygens (including phenoxy) is 2. The van der Waals surface area contributed by atoms with Crippen LogP contribution in [-0.2, 0) is 18.3 Å².